The highest BCUT2D eigenvalue weighted by Crippen LogP contribution is 2.19. The van der Waals surface area contributed by atoms with E-state index < -0.39 is 10.0 Å². The summed E-state index contributed by atoms with van der Waals surface area (Å²) in [5.74, 6) is -0.195. The molecule has 7 nitrogen and oxygen atoms in total. The number of hydrogen-bond acceptors (Lipinski definition) is 4. The van der Waals surface area contributed by atoms with Gasteiger partial charge in [0.15, 0.2) is 0 Å². The van der Waals surface area contributed by atoms with Crippen molar-refractivity contribution in [2.24, 2.45) is 0 Å². The first-order chi connectivity index (χ1) is 13.8. The summed E-state index contributed by atoms with van der Waals surface area (Å²) < 4.78 is 29.6. The van der Waals surface area contributed by atoms with Gasteiger partial charge in [0.25, 0.3) is 15.9 Å². The van der Waals surface area contributed by atoms with Crippen molar-refractivity contribution >= 4 is 21.6 Å². The van der Waals surface area contributed by atoms with Gasteiger partial charge in [-0.25, -0.2) is 13.4 Å². The van der Waals surface area contributed by atoms with Crippen LogP contribution in [0.3, 0.4) is 0 Å². The van der Waals surface area contributed by atoms with Crippen molar-refractivity contribution in [3.05, 3.63) is 77.9 Å². The maximum Gasteiger partial charge on any atom is 0.261 e. The van der Waals surface area contributed by atoms with E-state index in [9.17, 15) is 13.2 Å². The molecule has 0 saturated heterocycles. The summed E-state index contributed by atoms with van der Waals surface area (Å²) in [5, 5.41) is 2.86. The largest absolute Gasteiger partial charge is 0.352 e. The standard InChI is InChI=1S/C21H24N4O3S/c1-16-4-9-20(14-17(16)2)29(27,28)24-19-7-5-18(6-8-19)21(26)23-10-3-12-25-13-11-22-15-25/h4-9,11,13-15,24H,3,10,12H2,1-2H3,(H,23,26). The zero-order valence-electron chi connectivity index (χ0n) is 16.4. The summed E-state index contributed by atoms with van der Waals surface area (Å²) in [5.41, 5.74) is 2.82. The number of aryl methyl sites for hydroxylation is 3. The third-order valence-corrected chi connectivity index (χ3v) is 6.00. The van der Waals surface area contributed by atoms with Gasteiger partial charge in [-0.3, -0.25) is 9.52 Å². The van der Waals surface area contributed by atoms with Crippen molar-refractivity contribution in [1.29, 1.82) is 0 Å². The second kappa shape index (κ2) is 8.91. The van der Waals surface area contributed by atoms with Crippen LogP contribution in [0.4, 0.5) is 5.69 Å². The van der Waals surface area contributed by atoms with Crippen molar-refractivity contribution in [1.82, 2.24) is 14.9 Å². The van der Waals surface area contributed by atoms with Gasteiger partial charge in [0, 0.05) is 36.7 Å². The van der Waals surface area contributed by atoms with Crippen LogP contribution in [0, 0.1) is 13.8 Å². The van der Waals surface area contributed by atoms with Gasteiger partial charge in [0.2, 0.25) is 0 Å². The summed E-state index contributed by atoms with van der Waals surface area (Å²) in [7, 11) is -3.68. The van der Waals surface area contributed by atoms with Gasteiger partial charge < -0.3 is 9.88 Å². The quantitative estimate of drug-likeness (QED) is 0.556. The topological polar surface area (TPSA) is 93.1 Å². The summed E-state index contributed by atoms with van der Waals surface area (Å²) in [6, 6.07) is 11.4. The van der Waals surface area contributed by atoms with E-state index in [0.29, 0.717) is 17.8 Å². The van der Waals surface area contributed by atoms with Crippen molar-refractivity contribution < 1.29 is 13.2 Å². The molecule has 0 radical (unpaired) electrons. The van der Waals surface area contributed by atoms with Crippen LogP contribution in [0.5, 0.6) is 0 Å². The van der Waals surface area contributed by atoms with E-state index in [2.05, 4.69) is 15.0 Å². The van der Waals surface area contributed by atoms with Gasteiger partial charge in [-0.15, -0.1) is 0 Å². The molecule has 1 heterocycles. The Balaban J connectivity index is 1.56. The fourth-order valence-electron chi connectivity index (χ4n) is 2.77. The maximum absolute atomic E-state index is 12.6. The number of carbonyl (C=O) groups is 1. The lowest BCUT2D eigenvalue weighted by Crippen LogP contribution is -2.25. The number of rotatable bonds is 8. The highest BCUT2D eigenvalue weighted by Gasteiger charge is 2.15. The van der Waals surface area contributed by atoms with Gasteiger partial charge in [-0.2, -0.15) is 0 Å². The lowest BCUT2D eigenvalue weighted by Gasteiger charge is -2.10. The van der Waals surface area contributed by atoms with Crippen LogP contribution in [0.1, 0.15) is 27.9 Å². The van der Waals surface area contributed by atoms with Crippen molar-refractivity contribution in [2.75, 3.05) is 11.3 Å². The first-order valence-corrected chi connectivity index (χ1v) is 10.8. The molecule has 1 amide bonds. The minimum absolute atomic E-state index is 0.195. The first-order valence-electron chi connectivity index (χ1n) is 9.29. The second-order valence-electron chi connectivity index (χ2n) is 6.84. The van der Waals surface area contributed by atoms with Gasteiger partial charge in [0.1, 0.15) is 0 Å². The van der Waals surface area contributed by atoms with E-state index in [1.54, 1.807) is 55.0 Å². The smallest absolute Gasteiger partial charge is 0.261 e. The number of amides is 1. The molecule has 0 aliphatic rings. The summed E-state index contributed by atoms with van der Waals surface area (Å²) >= 11 is 0. The Bertz CT molecular complexity index is 1080. The predicted octanol–water partition coefficient (Wildman–Crippen LogP) is 3.12. The molecule has 0 saturated carbocycles. The van der Waals surface area contributed by atoms with E-state index in [4.69, 9.17) is 0 Å². The Morgan fingerprint density at radius 3 is 2.48 bits per heavy atom. The first kappa shape index (κ1) is 20.6. The Morgan fingerprint density at radius 2 is 1.83 bits per heavy atom. The highest BCUT2D eigenvalue weighted by molar-refractivity contribution is 7.92. The van der Waals surface area contributed by atoms with Crippen LogP contribution in [0.2, 0.25) is 0 Å². The average molecular weight is 413 g/mol. The lowest BCUT2D eigenvalue weighted by molar-refractivity contribution is 0.0952. The van der Waals surface area contributed by atoms with Gasteiger partial charge in [-0.05, 0) is 67.8 Å². The van der Waals surface area contributed by atoms with Gasteiger partial charge in [0.05, 0.1) is 11.2 Å². The zero-order valence-corrected chi connectivity index (χ0v) is 17.2. The summed E-state index contributed by atoms with van der Waals surface area (Å²) in [6.07, 6.45) is 6.11. The van der Waals surface area contributed by atoms with E-state index in [-0.39, 0.29) is 10.8 Å². The number of nitrogens with one attached hydrogen (secondary N) is 2. The number of aromatic nitrogens is 2. The average Bonchev–Trinajstić information content (AvgIpc) is 3.21. The third kappa shape index (κ3) is 5.45. The Hall–Kier alpha value is -3.13. The molecule has 0 unspecified atom stereocenters. The summed E-state index contributed by atoms with van der Waals surface area (Å²) in [6.45, 7) is 5.12. The molecular weight excluding hydrogens is 388 g/mol. The summed E-state index contributed by atoms with van der Waals surface area (Å²) in [4.78, 5) is 16.4. The number of imidazole rings is 1. The van der Waals surface area contributed by atoms with Crippen LogP contribution in [0.15, 0.2) is 66.1 Å². The van der Waals surface area contributed by atoms with E-state index in [1.807, 2.05) is 24.6 Å². The Labute approximate surface area is 170 Å². The molecule has 3 rings (SSSR count). The number of carbonyl (C=O) groups excluding carboxylic acids is 1. The zero-order chi connectivity index (χ0) is 20.9. The number of benzene rings is 2. The minimum atomic E-state index is -3.68. The molecule has 1 aromatic heterocycles. The van der Waals surface area contributed by atoms with E-state index in [1.165, 1.54) is 0 Å². The van der Waals surface area contributed by atoms with Crippen LogP contribution >= 0.6 is 0 Å². The molecule has 0 aliphatic carbocycles. The number of anilines is 1. The lowest BCUT2D eigenvalue weighted by atomic mass is 10.1. The van der Waals surface area contributed by atoms with E-state index >= 15 is 0 Å². The third-order valence-electron chi connectivity index (χ3n) is 4.63. The molecule has 3 aromatic rings. The molecule has 0 spiro atoms. The maximum atomic E-state index is 12.6. The number of hydrogen-bond donors (Lipinski definition) is 2. The fraction of sp³-hybridized carbons (Fsp3) is 0.238. The molecule has 0 bridgehead atoms. The fourth-order valence-corrected chi connectivity index (χ4v) is 3.91. The van der Waals surface area contributed by atoms with Crippen LogP contribution in [0.25, 0.3) is 0 Å². The van der Waals surface area contributed by atoms with Crippen molar-refractivity contribution in [3.63, 3.8) is 0 Å². The van der Waals surface area contributed by atoms with Crippen molar-refractivity contribution in [3.8, 4) is 0 Å². The van der Waals surface area contributed by atoms with Crippen LogP contribution in [-0.2, 0) is 16.6 Å². The number of sulfonamides is 1. The normalized spacial score (nSPS) is 11.2. The van der Waals surface area contributed by atoms with Gasteiger partial charge >= 0.3 is 0 Å². The molecule has 152 valence electrons. The molecule has 2 N–H and O–H groups in total. The molecule has 0 atom stereocenters. The van der Waals surface area contributed by atoms with Crippen LogP contribution in [-0.4, -0.2) is 30.4 Å². The molecular formula is C21H24N4O3S. The highest BCUT2D eigenvalue weighted by atomic mass is 32.2. The molecule has 8 heteroatoms. The van der Waals surface area contributed by atoms with Gasteiger partial charge in [-0.1, -0.05) is 6.07 Å². The monoisotopic (exact) mass is 412 g/mol. The van der Waals surface area contributed by atoms with E-state index in [0.717, 1.165) is 24.1 Å². The molecule has 29 heavy (non-hydrogen) atoms. The SMILES string of the molecule is Cc1ccc(S(=O)(=O)Nc2ccc(C(=O)NCCCn3ccnc3)cc2)cc1C. The van der Waals surface area contributed by atoms with Crippen LogP contribution < -0.4 is 10.0 Å². The second-order valence-corrected chi connectivity index (χ2v) is 8.52. The molecule has 0 aliphatic heterocycles. The van der Waals surface area contributed by atoms with Crippen molar-refractivity contribution in [2.45, 2.75) is 31.7 Å². The number of nitrogens with zero attached hydrogens (tertiary/aromatic N) is 2. The predicted molar refractivity (Wildman–Crippen MR) is 112 cm³/mol. The Kier molecular flexibility index (Phi) is 6.33. The minimum Gasteiger partial charge on any atom is -0.352 e. The molecule has 2 aromatic carbocycles. The molecule has 0 fully saturated rings. The Morgan fingerprint density at radius 1 is 1.07 bits per heavy atom.